The van der Waals surface area contributed by atoms with Crippen LogP contribution in [0, 0.1) is 28.6 Å². The molecule has 3 fully saturated rings. The standard InChI is InChI=1S/C19H27FO2/c1-18-9-8-13-12(14(18)10-15(20)17(18)22)7-6-11-4-3-5-16(21)19(11,13)2/h4,12-16,21H,3,5-10H2,1-2H3/t12-,13+,14+,15-,16?,18+,19+/m1/s1. The van der Waals surface area contributed by atoms with E-state index >= 15 is 0 Å². The van der Waals surface area contributed by atoms with Crippen LogP contribution < -0.4 is 0 Å². The first-order valence-corrected chi connectivity index (χ1v) is 8.95. The van der Waals surface area contributed by atoms with Crippen molar-refractivity contribution >= 4 is 5.78 Å². The summed E-state index contributed by atoms with van der Waals surface area (Å²) >= 11 is 0. The molecule has 1 N–H and O–H groups in total. The molecular formula is C19H27FO2. The van der Waals surface area contributed by atoms with Crippen molar-refractivity contribution in [2.75, 3.05) is 0 Å². The van der Waals surface area contributed by atoms with Crippen molar-refractivity contribution in [1.29, 1.82) is 0 Å². The van der Waals surface area contributed by atoms with Crippen LogP contribution in [0.4, 0.5) is 4.39 Å². The Morgan fingerprint density at radius 3 is 2.77 bits per heavy atom. The SMILES string of the molecule is C[C@]12CC[C@H]3[C@@H](CCC4=CCCC(O)[C@@]43C)[C@@H]1C[C@@H](F)C2=O. The number of aliphatic hydroxyl groups is 1. The number of allylic oxidation sites excluding steroid dienone is 1. The van der Waals surface area contributed by atoms with Gasteiger partial charge >= 0.3 is 0 Å². The summed E-state index contributed by atoms with van der Waals surface area (Å²) in [5.41, 5.74) is 0.842. The molecule has 122 valence electrons. The largest absolute Gasteiger partial charge is 0.392 e. The average Bonchev–Trinajstić information content (AvgIpc) is 2.72. The molecule has 0 spiro atoms. The lowest BCUT2D eigenvalue weighted by Crippen LogP contribution is -2.54. The first-order chi connectivity index (χ1) is 10.4. The lowest BCUT2D eigenvalue weighted by atomic mass is 9.47. The Bertz CT molecular complexity index is 542. The summed E-state index contributed by atoms with van der Waals surface area (Å²) in [5.74, 6) is 0.852. The van der Waals surface area contributed by atoms with Crippen LogP contribution in [0.25, 0.3) is 0 Å². The summed E-state index contributed by atoms with van der Waals surface area (Å²) in [4.78, 5) is 12.3. The molecule has 0 aliphatic heterocycles. The van der Waals surface area contributed by atoms with Crippen LogP contribution in [0.15, 0.2) is 11.6 Å². The highest BCUT2D eigenvalue weighted by Crippen LogP contribution is 2.64. The van der Waals surface area contributed by atoms with E-state index in [1.807, 2.05) is 6.92 Å². The van der Waals surface area contributed by atoms with Crippen LogP contribution >= 0.6 is 0 Å². The molecule has 0 aromatic heterocycles. The molecule has 0 aromatic rings. The van der Waals surface area contributed by atoms with Crippen LogP contribution in [-0.2, 0) is 4.79 Å². The summed E-state index contributed by atoms with van der Waals surface area (Å²) in [6.07, 6.45) is 6.90. The van der Waals surface area contributed by atoms with Gasteiger partial charge in [0.2, 0.25) is 0 Å². The van der Waals surface area contributed by atoms with Crippen LogP contribution in [0.3, 0.4) is 0 Å². The van der Waals surface area contributed by atoms with E-state index in [2.05, 4.69) is 13.0 Å². The topological polar surface area (TPSA) is 37.3 Å². The van der Waals surface area contributed by atoms with Gasteiger partial charge in [-0.15, -0.1) is 0 Å². The van der Waals surface area contributed by atoms with Gasteiger partial charge in [-0.25, -0.2) is 4.39 Å². The number of hydrogen-bond acceptors (Lipinski definition) is 2. The molecule has 4 aliphatic rings. The average molecular weight is 306 g/mol. The number of fused-ring (bicyclic) bond motifs is 5. The predicted octanol–water partition coefficient (Wildman–Crippen LogP) is 3.83. The molecule has 0 amide bonds. The minimum Gasteiger partial charge on any atom is -0.392 e. The number of Topliss-reactive ketones (excluding diaryl/α,β-unsaturated/α-hetero) is 1. The molecule has 0 radical (unpaired) electrons. The van der Waals surface area contributed by atoms with E-state index in [0.717, 1.165) is 38.5 Å². The third-order valence-corrected chi connectivity index (χ3v) is 7.87. The zero-order chi connectivity index (χ0) is 15.7. The minimum atomic E-state index is -1.25. The molecule has 22 heavy (non-hydrogen) atoms. The monoisotopic (exact) mass is 306 g/mol. The van der Waals surface area contributed by atoms with Gasteiger partial charge in [-0.3, -0.25) is 4.79 Å². The minimum absolute atomic E-state index is 0.139. The Hall–Kier alpha value is -0.700. The van der Waals surface area contributed by atoms with E-state index in [0.29, 0.717) is 18.3 Å². The predicted molar refractivity (Wildman–Crippen MR) is 83.0 cm³/mol. The third kappa shape index (κ3) is 1.67. The maximum Gasteiger partial charge on any atom is 0.173 e. The van der Waals surface area contributed by atoms with Crippen molar-refractivity contribution in [2.24, 2.45) is 28.6 Å². The molecule has 0 heterocycles. The van der Waals surface area contributed by atoms with Gasteiger partial charge in [0, 0.05) is 10.8 Å². The van der Waals surface area contributed by atoms with Gasteiger partial charge in [-0.2, -0.15) is 0 Å². The van der Waals surface area contributed by atoms with Crippen molar-refractivity contribution in [2.45, 2.75) is 71.1 Å². The first-order valence-electron chi connectivity index (χ1n) is 8.95. The second-order valence-corrected chi connectivity index (χ2v) is 8.54. The highest BCUT2D eigenvalue weighted by Gasteiger charge is 2.62. The highest BCUT2D eigenvalue weighted by molar-refractivity contribution is 5.91. The lowest BCUT2D eigenvalue weighted by Gasteiger charge is -2.58. The maximum absolute atomic E-state index is 14.1. The van der Waals surface area contributed by atoms with Crippen molar-refractivity contribution in [3.05, 3.63) is 11.6 Å². The molecule has 0 bridgehead atoms. The maximum atomic E-state index is 14.1. The van der Waals surface area contributed by atoms with E-state index in [-0.39, 0.29) is 23.2 Å². The fraction of sp³-hybridized carbons (Fsp3) is 0.842. The number of alkyl halides is 1. The van der Waals surface area contributed by atoms with Gasteiger partial charge in [0.25, 0.3) is 0 Å². The van der Waals surface area contributed by atoms with Crippen molar-refractivity contribution in [3.63, 3.8) is 0 Å². The van der Waals surface area contributed by atoms with Gasteiger partial charge in [0.05, 0.1) is 6.10 Å². The van der Waals surface area contributed by atoms with Gasteiger partial charge < -0.3 is 5.11 Å². The van der Waals surface area contributed by atoms with Crippen molar-refractivity contribution in [1.82, 2.24) is 0 Å². The fourth-order valence-electron chi connectivity index (χ4n) is 6.51. The van der Waals surface area contributed by atoms with Crippen LogP contribution in [0.5, 0.6) is 0 Å². The Kier molecular flexibility index (Phi) is 3.15. The van der Waals surface area contributed by atoms with E-state index in [4.69, 9.17) is 0 Å². The second kappa shape index (κ2) is 4.66. The second-order valence-electron chi connectivity index (χ2n) is 8.54. The van der Waals surface area contributed by atoms with Crippen molar-refractivity contribution in [3.8, 4) is 0 Å². The lowest BCUT2D eigenvalue weighted by molar-refractivity contribution is -0.137. The summed E-state index contributed by atoms with van der Waals surface area (Å²) in [6, 6.07) is 0. The van der Waals surface area contributed by atoms with Gasteiger partial charge in [-0.1, -0.05) is 25.5 Å². The Morgan fingerprint density at radius 2 is 2.00 bits per heavy atom. The van der Waals surface area contributed by atoms with Crippen LogP contribution in [0.1, 0.15) is 58.8 Å². The molecule has 3 saturated carbocycles. The molecule has 1 unspecified atom stereocenters. The molecule has 7 atom stereocenters. The Labute approximate surface area is 132 Å². The smallest absolute Gasteiger partial charge is 0.173 e. The van der Waals surface area contributed by atoms with Gasteiger partial charge in [-0.05, 0) is 62.7 Å². The van der Waals surface area contributed by atoms with Gasteiger partial charge in [0.15, 0.2) is 12.0 Å². The molecule has 0 saturated heterocycles. The fourth-order valence-corrected chi connectivity index (χ4v) is 6.51. The van der Waals surface area contributed by atoms with Gasteiger partial charge in [0.1, 0.15) is 0 Å². The van der Waals surface area contributed by atoms with E-state index in [1.165, 1.54) is 5.57 Å². The molecule has 4 rings (SSSR count). The number of rotatable bonds is 0. The first kappa shape index (κ1) is 14.9. The number of halogens is 1. The van der Waals surface area contributed by atoms with E-state index < -0.39 is 11.6 Å². The summed E-state index contributed by atoms with van der Waals surface area (Å²) in [6.45, 7) is 4.23. The van der Waals surface area contributed by atoms with Crippen LogP contribution in [-0.4, -0.2) is 23.2 Å². The van der Waals surface area contributed by atoms with E-state index in [9.17, 15) is 14.3 Å². The Balaban J connectivity index is 1.72. The van der Waals surface area contributed by atoms with E-state index in [1.54, 1.807) is 0 Å². The zero-order valence-corrected chi connectivity index (χ0v) is 13.6. The molecule has 3 heteroatoms. The zero-order valence-electron chi connectivity index (χ0n) is 13.6. The quantitative estimate of drug-likeness (QED) is 0.691. The number of carbonyl (C=O) groups is 1. The number of aliphatic hydroxyl groups excluding tert-OH is 1. The van der Waals surface area contributed by atoms with Crippen LogP contribution in [0.2, 0.25) is 0 Å². The number of carbonyl (C=O) groups excluding carboxylic acids is 1. The summed E-state index contributed by atoms with van der Waals surface area (Å²) in [7, 11) is 0. The highest BCUT2D eigenvalue weighted by atomic mass is 19.1. The third-order valence-electron chi connectivity index (χ3n) is 7.87. The Morgan fingerprint density at radius 1 is 1.23 bits per heavy atom. The number of ketones is 1. The summed E-state index contributed by atoms with van der Waals surface area (Å²) in [5, 5.41) is 10.7. The molecule has 4 aliphatic carbocycles. The normalized spacial score (nSPS) is 54.3. The summed E-state index contributed by atoms with van der Waals surface area (Å²) < 4.78 is 14.1. The molecule has 0 aromatic carbocycles. The van der Waals surface area contributed by atoms with Crippen molar-refractivity contribution < 1.29 is 14.3 Å². The number of hydrogen-bond donors (Lipinski definition) is 1. The molecule has 2 nitrogen and oxygen atoms in total. The molecular weight excluding hydrogens is 279 g/mol.